The molecular formula is C13H15ClN2O2. The maximum Gasteiger partial charge on any atom is 0.305 e. The van der Waals surface area contributed by atoms with Crippen LogP contribution >= 0.6 is 11.6 Å². The van der Waals surface area contributed by atoms with E-state index in [1.807, 2.05) is 0 Å². The highest BCUT2D eigenvalue weighted by atomic mass is 35.5. The number of nitrogens with zero attached hydrogens (tertiary/aromatic N) is 1. The Hall–Kier alpha value is -1.73. The average Bonchev–Trinajstić information content (AvgIpc) is 2.35. The van der Waals surface area contributed by atoms with Crippen LogP contribution in [0.3, 0.4) is 0 Å². The lowest BCUT2D eigenvalue weighted by atomic mass is 10.2. The molecule has 5 heteroatoms. The molecular weight excluding hydrogens is 252 g/mol. The van der Waals surface area contributed by atoms with Crippen molar-refractivity contribution in [1.29, 1.82) is 5.26 Å². The molecule has 0 aliphatic heterocycles. The van der Waals surface area contributed by atoms with Gasteiger partial charge in [0.15, 0.2) is 0 Å². The van der Waals surface area contributed by atoms with Crippen molar-refractivity contribution in [2.24, 2.45) is 0 Å². The second-order valence-electron chi connectivity index (χ2n) is 3.64. The van der Waals surface area contributed by atoms with Gasteiger partial charge in [-0.05, 0) is 31.5 Å². The lowest BCUT2D eigenvalue weighted by molar-refractivity contribution is -0.143. The zero-order chi connectivity index (χ0) is 13.4. The third kappa shape index (κ3) is 4.64. The van der Waals surface area contributed by atoms with Gasteiger partial charge in [0, 0.05) is 18.0 Å². The molecule has 0 radical (unpaired) electrons. The Morgan fingerprint density at radius 3 is 3.00 bits per heavy atom. The zero-order valence-corrected chi connectivity index (χ0v) is 11.0. The number of esters is 1. The maximum absolute atomic E-state index is 11.1. The molecule has 0 aliphatic carbocycles. The lowest BCUT2D eigenvalue weighted by Crippen LogP contribution is -2.08. The Morgan fingerprint density at radius 1 is 1.56 bits per heavy atom. The van der Waals surface area contributed by atoms with E-state index in [1.165, 1.54) is 0 Å². The second-order valence-corrected chi connectivity index (χ2v) is 4.07. The highest BCUT2D eigenvalue weighted by Crippen LogP contribution is 2.20. The first kappa shape index (κ1) is 14.3. The van der Waals surface area contributed by atoms with Crippen molar-refractivity contribution in [3.8, 4) is 6.07 Å². The fraction of sp³-hybridized carbons (Fsp3) is 0.385. The van der Waals surface area contributed by atoms with Crippen LogP contribution in [0, 0.1) is 11.3 Å². The number of halogens is 1. The molecule has 0 saturated heterocycles. The number of benzene rings is 1. The van der Waals surface area contributed by atoms with E-state index >= 15 is 0 Å². The molecule has 0 atom stereocenters. The Bertz CT molecular complexity index is 455. The SMILES string of the molecule is CCOC(=O)CCCNc1cc(Cl)ccc1C#N. The predicted molar refractivity (Wildman–Crippen MR) is 70.5 cm³/mol. The highest BCUT2D eigenvalue weighted by Gasteiger charge is 2.04. The molecule has 0 saturated carbocycles. The number of rotatable bonds is 6. The summed E-state index contributed by atoms with van der Waals surface area (Å²) in [6.07, 6.45) is 1.01. The van der Waals surface area contributed by atoms with Gasteiger partial charge in [0.2, 0.25) is 0 Å². The van der Waals surface area contributed by atoms with Gasteiger partial charge in [0.1, 0.15) is 6.07 Å². The van der Waals surface area contributed by atoms with Gasteiger partial charge in [0.25, 0.3) is 0 Å². The topological polar surface area (TPSA) is 62.1 Å². The predicted octanol–water partition coefficient (Wildman–Crippen LogP) is 2.97. The number of nitrogens with one attached hydrogen (secondary N) is 1. The fourth-order valence-electron chi connectivity index (χ4n) is 1.45. The molecule has 0 aromatic heterocycles. The van der Waals surface area contributed by atoms with E-state index in [1.54, 1.807) is 25.1 Å². The first-order chi connectivity index (χ1) is 8.67. The number of carbonyl (C=O) groups is 1. The van der Waals surface area contributed by atoms with Crippen LogP contribution in [0.1, 0.15) is 25.3 Å². The third-order valence-corrected chi connectivity index (χ3v) is 2.52. The van der Waals surface area contributed by atoms with Crippen LogP contribution in [0.5, 0.6) is 0 Å². The summed E-state index contributed by atoms with van der Waals surface area (Å²) in [6.45, 7) is 2.77. The molecule has 4 nitrogen and oxygen atoms in total. The van der Waals surface area contributed by atoms with Crippen LogP contribution in [-0.2, 0) is 9.53 Å². The summed E-state index contributed by atoms with van der Waals surface area (Å²) >= 11 is 5.85. The van der Waals surface area contributed by atoms with E-state index in [2.05, 4.69) is 11.4 Å². The lowest BCUT2D eigenvalue weighted by Gasteiger charge is -2.08. The summed E-state index contributed by atoms with van der Waals surface area (Å²) in [5.41, 5.74) is 1.23. The summed E-state index contributed by atoms with van der Waals surface area (Å²) in [5.74, 6) is -0.203. The Morgan fingerprint density at radius 2 is 2.33 bits per heavy atom. The molecule has 1 aromatic carbocycles. The van der Waals surface area contributed by atoms with E-state index in [0.717, 1.165) is 0 Å². The molecule has 0 unspecified atom stereocenters. The van der Waals surface area contributed by atoms with Crippen LogP contribution in [-0.4, -0.2) is 19.1 Å². The third-order valence-electron chi connectivity index (χ3n) is 2.28. The number of hydrogen-bond acceptors (Lipinski definition) is 4. The maximum atomic E-state index is 11.1. The van der Waals surface area contributed by atoms with E-state index in [0.29, 0.717) is 42.3 Å². The van der Waals surface area contributed by atoms with Crippen molar-refractivity contribution >= 4 is 23.3 Å². The smallest absolute Gasteiger partial charge is 0.305 e. The standard InChI is InChI=1S/C13H15ClN2O2/c1-2-18-13(17)4-3-7-16-12-8-11(14)6-5-10(12)9-15/h5-6,8,16H,2-4,7H2,1H3. The summed E-state index contributed by atoms with van der Waals surface area (Å²) in [4.78, 5) is 11.1. The molecule has 1 rings (SSSR count). The highest BCUT2D eigenvalue weighted by molar-refractivity contribution is 6.30. The summed E-state index contributed by atoms with van der Waals surface area (Å²) in [5, 5.41) is 12.6. The summed E-state index contributed by atoms with van der Waals surface area (Å²) in [7, 11) is 0. The van der Waals surface area contributed by atoms with Gasteiger partial charge in [-0.25, -0.2) is 0 Å². The molecule has 0 spiro atoms. The Labute approximate surface area is 112 Å². The minimum atomic E-state index is -0.203. The number of anilines is 1. The van der Waals surface area contributed by atoms with Crippen molar-refractivity contribution in [2.75, 3.05) is 18.5 Å². The molecule has 0 amide bonds. The molecule has 1 aromatic rings. The minimum Gasteiger partial charge on any atom is -0.466 e. The van der Waals surface area contributed by atoms with Crippen LogP contribution < -0.4 is 5.32 Å². The van der Waals surface area contributed by atoms with Gasteiger partial charge in [-0.1, -0.05) is 11.6 Å². The Balaban J connectivity index is 2.42. The van der Waals surface area contributed by atoms with Crippen molar-refractivity contribution in [3.63, 3.8) is 0 Å². The number of nitriles is 1. The van der Waals surface area contributed by atoms with Gasteiger partial charge >= 0.3 is 5.97 Å². The molecule has 96 valence electrons. The van der Waals surface area contributed by atoms with E-state index in [9.17, 15) is 4.79 Å². The molecule has 0 bridgehead atoms. The molecule has 18 heavy (non-hydrogen) atoms. The van der Waals surface area contributed by atoms with Gasteiger partial charge in [-0.3, -0.25) is 4.79 Å². The average molecular weight is 267 g/mol. The second kappa shape index (κ2) is 7.57. The molecule has 0 aliphatic rings. The normalized spacial score (nSPS) is 9.61. The van der Waals surface area contributed by atoms with Crippen LogP contribution in [0.2, 0.25) is 5.02 Å². The number of ether oxygens (including phenoxy) is 1. The van der Waals surface area contributed by atoms with E-state index in [4.69, 9.17) is 21.6 Å². The zero-order valence-electron chi connectivity index (χ0n) is 10.2. The molecule has 1 N–H and O–H groups in total. The van der Waals surface area contributed by atoms with Gasteiger partial charge in [0.05, 0.1) is 17.9 Å². The minimum absolute atomic E-state index is 0.203. The van der Waals surface area contributed by atoms with Crippen molar-refractivity contribution in [1.82, 2.24) is 0 Å². The van der Waals surface area contributed by atoms with Crippen LogP contribution in [0.15, 0.2) is 18.2 Å². The van der Waals surface area contributed by atoms with Crippen molar-refractivity contribution < 1.29 is 9.53 Å². The fourth-order valence-corrected chi connectivity index (χ4v) is 1.62. The van der Waals surface area contributed by atoms with Gasteiger partial charge in [-0.15, -0.1) is 0 Å². The summed E-state index contributed by atoms with van der Waals surface area (Å²) in [6, 6.07) is 7.11. The molecule has 0 heterocycles. The number of hydrogen-bond donors (Lipinski definition) is 1. The van der Waals surface area contributed by atoms with E-state index < -0.39 is 0 Å². The summed E-state index contributed by atoms with van der Waals surface area (Å²) < 4.78 is 4.82. The van der Waals surface area contributed by atoms with Crippen LogP contribution in [0.4, 0.5) is 5.69 Å². The first-order valence-electron chi connectivity index (χ1n) is 5.76. The van der Waals surface area contributed by atoms with Crippen LogP contribution in [0.25, 0.3) is 0 Å². The quantitative estimate of drug-likeness (QED) is 0.635. The van der Waals surface area contributed by atoms with Gasteiger partial charge in [-0.2, -0.15) is 5.26 Å². The first-order valence-corrected chi connectivity index (χ1v) is 6.14. The number of carbonyl (C=O) groups excluding carboxylic acids is 1. The largest absolute Gasteiger partial charge is 0.466 e. The van der Waals surface area contributed by atoms with E-state index in [-0.39, 0.29) is 5.97 Å². The monoisotopic (exact) mass is 266 g/mol. The van der Waals surface area contributed by atoms with Crippen molar-refractivity contribution in [2.45, 2.75) is 19.8 Å². The van der Waals surface area contributed by atoms with Crippen molar-refractivity contribution in [3.05, 3.63) is 28.8 Å². The Kier molecular flexibility index (Phi) is 6.03. The molecule has 0 fully saturated rings. The van der Waals surface area contributed by atoms with Gasteiger partial charge < -0.3 is 10.1 Å².